The van der Waals surface area contributed by atoms with Crippen LogP contribution in [0.4, 0.5) is 0 Å². The van der Waals surface area contributed by atoms with Gasteiger partial charge in [0.1, 0.15) is 23.9 Å². The minimum atomic E-state index is -0.949. The first-order chi connectivity index (χ1) is 11.3. The number of H-pyrrole nitrogens is 1. The van der Waals surface area contributed by atoms with Gasteiger partial charge in [0.05, 0.1) is 6.61 Å². The fourth-order valence-electron chi connectivity index (χ4n) is 2.99. The van der Waals surface area contributed by atoms with E-state index < -0.39 is 47.4 Å². The highest BCUT2D eigenvalue weighted by atomic mass is 16.8. The van der Waals surface area contributed by atoms with Gasteiger partial charge >= 0.3 is 5.69 Å². The third kappa shape index (κ3) is 2.65. The summed E-state index contributed by atoms with van der Waals surface area (Å²) in [5.41, 5.74) is -1.80. The lowest BCUT2D eigenvalue weighted by molar-refractivity contribution is -0.200. The Hall–Kier alpha value is -2.07. The minimum Gasteiger partial charge on any atom is -0.394 e. The Morgan fingerprint density at radius 3 is 2.71 bits per heavy atom. The van der Waals surface area contributed by atoms with Crippen LogP contribution in [0.5, 0.6) is 0 Å². The Balaban J connectivity index is 2.05. The molecule has 2 saturated heterocycles. The molecule has 0 radical (unpaired) electrons. The van der Waals surface area contributed by atoms with Crippen LogP contribution in [0, 0.1) is 0 Å². The van der Waals surface area contributed by atoms with E-state index in [9.17, 15) is 19.5 Å². The highest BCUT2D eigenvalue weighted by molar-refractivity contribution is 6.03. The number of hydrogen-bond acceptors (Lipinski definition) is 7. The van der Waals surface area contributed by atoms with Crippen LogP contribution in [0.15, 0.2) is 28.4 Å². The summed E-state index contributed by atoms with van der Waals surface area (Å²) in [5, 5.41) is 9.47. The summed E-state index contributed by atoms with van der Waals surface area (Å²) in [6.45, 7) is 6.42. The molecule has 2 N–H and O–H groups in total. The summed E-state index contributed by atoms with van der Waals surface area (Å²) >= 11 is 0. The average Bonchev–Trinajstić information content (AvgIpc) is 3.00. The number of nitrogens with zero attached hydrogens (tertiary/aromatic N) is 1. The summed E-state index contributed by atoms with van der Waals surface area (Å²) in [6.07, 6.45) is -0.804. The van der Waals surface area contributed by atoms with E-state index in [1.165, 1.54) is 0 Å². The molecule has 0 bridgehead atoms. The molecule has 0 spiro atoms. The van der Waals surface area contributed by atoms with Crippen LogP contribution in [0.25, 0.3) is 0 Å². The maximum absolute atomic E-state index is 12.2. The van der Waals surface area contributed by atoms with E-state index in [4.69, 9.17) is 14.2 Å². The Kier molecular flexibility index (Phi) is 4.04. The van der Waals surface area contributed by atoms with E-state index >= 15 is 0 Å². The van der Waals surface area contributed by atoms with Crippen molar-refractivity contribution < 1.29 is 24.1 Å². The van der Waals surface area contributed by atoms with Crippen molar-refractivity contribution in [2.24, 2.45) is 0 Å². The van der Waals surface area contributed by atoms with Gasteiger partial charge in [-0.1, -0.05) is 6.58 Å². The number of carbonyl (C=O) groups excluding carboxylic acids is 1. The number of rotatable bonds is 4. The number of hydrogen-bond donors (Lipinski definition) is 2. The standard InChI is InChI=1S/C15H18N2O7/c1-4-8(19)7-5-17(14(21)16-12(7)20)13-11-10(9(6-18)22-13)23-15(2,3)24-11/h4-5,9-11,13,18H,1,6H2,2-3H3,(H,16,20,21)/t9-,10+,11?,13-/m1/s1. The summed E-state index contributed by atoms with van der Waals surface area (Å²) in [7, 11) is 0. The topological polar surface area (TPSA) is 120 Å². The zero-order valence-electron chi connectivity index (χ0n) is 13.2. The quantitative estimate of drug-likeness (QED) is 0.551. The van der Waals surface area contributed by atoms with Gasteiger partial charge in [-0.2, -0.15) is 0 Å². The molecule has 4 atom stereocenters. The van der Waals surface area contributed by atoms with Gasteiger partial charge in [-0.25, -0.2) is 4.79 Å². The molecule has 0 aromatic carbocycles. The van der Waals surface area contributed by atoms with E-state index in [2.05, 4.69) is 11.6 Å². The van der Waals surface area contributed by atoms with E-state index in [-0.39, 0.29) is 12.2 Å². The van der Waals surface area contributed by atoms with Gasteiger partial charge < -0.3 is 19.3 Å². The third-order valence-corrected chi connectivity index (χ3v) is 4.00. The number of nitrogens with one attached hydrogen (secondary N) is 1. The molecule has 24 heavy (non-hydrogen) atoms. The molecule has 9 nitrogen and oxygen atoms in total. The predicted octanol–water partition coefficient (Wildman–Crippen LogP) is -0.685. The van der Waals surface area contributed by atoms with E-state index in [1.807, 2.05) is 0 Å². The van der Waals surface area contributed by atoms with Crippen LogP contribution in [0.3, 0.4) is 0 Å². The average molecular weight is 338 g/mol. The lowest BCUT2D eigenvalue weighted by Crippen LogP contribution is -2.39. The molecule has 9 heteroatoms. The highest BCUT2D eigenvalue weighted by Gasteiger charge is 2.55. The second kappa shape index (κ2) is 5.78. The third-order valence-electron chi connectivity index (χ3n) is 4.00. The molecule has 1 unspecified atom stereocenters. The Morgan fingerprint density at radius 1 is 1.42 bits per heavy atom. The molecular weight excluding hydrogens is 320 g/mol. The summed E-state index contributed by atoms with van der Waals surface area (Å²) in [5.74, 6) is -1.53. The Morgan fingerprint density at radius 2 is 2.08 bits per heavy atom. The van der Waals surface area contributed by atoms with Crippen LogP contribution in [-0.4, -0.2) is 51.1 Å². The van der Waals surface area contributed by atoms with Gasteiger partial charge in [0, 0.05) is 6.20 Å². The summed E-state index contributed by atoms with van der Waals surface area (Å²) in [6, 6.07) is 0. The molecule has 2 aliphatic heterocycles. The molecule has 3 heterocycles. The van der Waals surface area contributed by atoms with E-state index in [0.29, 0.717) is 0 Å². The lowest BCUT2D eigenvalue weighted by Gasteiger charge is -2.24. The van der Waals surface area contributed by atoms with Crippen molar-refractivity contribution >= 4 is 5.78 Å². The molecule has 2 aliphatic rings. The number of aromatic amines is 1. The zero-order valence-corrected chi connectivity index (χ0v) is 13.2. The number of fused-ring (bicyclic) bond motifs is 1. The van der Waals surface area contributed by atoms with Gasteiger partial charge in [0.15, 0.2) is 17.8 Å². The van der Waals surface area contributed by atoms with Crippen molar-refractivity contribution in [3.63, 3.8) is 0 Å². The molecule has 1 aromatic heterocycles. The highest BCUT2D eigenvalue weighted by Crippen LogP contribution is 2.42. The molecule has 3 rings (SSSR count). The number of aliphatic hydroxyl groups is 1. The Bertz CT molecular complexity index is 794. The Labute approximate surface area is 136 Å². The summed E-state index contributed by atoms with van der Waals surface area (Å²) < 4.78 is 18.2. The van der Waals surface area contributed by atoms with Gasteiger partial charge in [-0.15, -0.1) is 0 Å². The van der Waals surface area contributed by atoms with Crippen LogP contribution in [0.1, 0.15) is 30.4 Å². The number of carbonyl (C=O) groups is 1. The molecule has 1 aromatic rings. The van der Waals surface area contributed by atoms with Crippen LogP contribution < -0.4 is 11.2 Å². The smallest absolute Gasteiger partial charge is 0.330 e. The fourth-order valence-corrected chi connectivity index (χ4v) is 2.99. The van der Waals surface area contributed by atoms with Crippen molar-refractivity contribution in [3.05, 3.63) is 45.3 Å². The van der Waals surface area contributed by atoms with E-state index in [1.54, 1.807) is 13.8 Å². The molecule has 0 saturated carbocycles. The second-order valence-electron chi connectivity index (χ2n) is 6.09. The molecular formula is C15H18N2O7. The fraction of sp³-hybridized carbons (Fsp3) is 0.533. The van der Waals surface area contributed by atoms with Crippen molar-refractivity contribution in [2.45, 2.75) is 44.2 Å². The van der Waals surface area contributed by atoms with Crippen LogP contribution >= 0.6 is 0 Å². The van der Waals surface area contributed by atoms with Gasteiger partial charge in [-0.05, 0) is 19.9 Å². The van der Waals surface area contributed by atoms with Gasteiger partial charge in [0.25, 0.3) is 5.56 Å². The maximum atomic E-state index is 12.2. The first kappa shape index (κ1) is 16.8. The van der Waals surface area contributed by atoms with Gasteiger partial charge in [0.2, 0.25) is 0 Å². The molecule has 0 aliphatic carbocycles. The predicted molar refractivity (Wildman–Crippen MR) is 80.7 cm³/mol. The van der Waals surface area contributed by atoms with Crippen molar-refractivity contribution in [2.75, 3.05) is 6.61 Å². The monoisotopic (exact) mass is 338 g/mol. The van der Waals surface area contributed by atoms with Crippen molar-refractivity contribution in [1.29, 1.82) is 0 Å². The largest absolute Gasteiger partial charge is 0.394 e. The maximum Gasteiger partial charge on any atom is 0.330 e. The molecule has 2 fully saturated rings. The molecule has 130 valence electrons. The summed E-state index contributed by atoms with van der Waals surface area (Å²) in [4.78, 5) is 37.8. The molecule has 0 amide bonds. The van der Waals surface area contributed by atoms with Crippen molar-refractivity contribution in [3.8, 4) is 0 Å². The lowest BCUT2D eigenvalue weighted by atomic mass is 10.1. The minimum absolute atomic E-state index is 0.240. The number of allylic oxidation sites excluding steroid dienone is 1. The number of aromatic nitrogens is 2. The zero-order chi connectivity index (χ0) is 17.6. The first-order valence-electron chi connectivity index (χ1n) is 7.41. The number of aliphatic hydroxyl groups excluding tert-OH is 1. The van der Waals surface area contributed by atoms with Crippen LogP contribution in [0.2, 0.25) is 0 Å². The van der Waals surface area contributed by atoms with Gasteiger partial charge in [-0.3, -0.25) is 19.1 Å². The first-order valence-corrected chi connectivity index (χ1v) is 7.41. The second-order valence-corrected chi connectivity index (χ2v) is 6.09. The van der Waals surface area contributed by atoms with E-state index in [0.717, 1.165) is 16.8 Å². The van der Waals surface area contributed by atoms with Crippen molar-refractivity contribution in [1.82, 2.24) is 9.55 Å². The SMILES string of the molecule is C=CC(=O)c1cn([C@@H]2O[C@H](CO)[C@@H]3OC(C)(C)OC32)c(=O)[nH]c1=O. The number of ether oxygens (including phenoxy) is 3. The van der Waals surface area contributed by atoms with Crippen LogP contribution in [-0.2, 0) is 14.2 Å². The normalized spacial score (nSPS) is 31.0. The number of ketones is 1.